The molecule has 0 spiro atoms. The van der Waals surface area contributed by atoms with Gasteiger partial charge in [0.05, 0.1) is 12.5 Å². The summed E-state index contributed by atoms with van der Waals surface area (Å²) < 4.78 is 57.4. The van der Waals surface area contributed by atoms with E-state index in [9.17, 15) is 27.2 Å². The first-order valence-corrected chi connectivity index (χ1v) is 9.51. The third-order valence-corrected chi connectivity index (χ3v) is 5.04. The molecule has 0 radical (unpaired) electrons. The molecule has 0 saturated carbocycles. The van der Waals surface area contributed by atoms with Crippen molar-refractivity contribution in [2.45, 2.75) is 12.7 Å². The normalized spacial score (nSPS) is 14.2. The summed E-state index contributed by atoms with van der Waals surface area (Å²) in [6.45, 7) is 0.460. The van der Waals surface area contributed by atoms with Gasteiger partial charge in [-0.25, -0.2) is 4.39 Å². The van der Waals surface area contributed by atoms with Crippen LogP contribution in [-0.2, 0) is 22.3 Å². The van der Waals surface area contributed by atoms with Gasteiger partial charge >= 0.3 is 12.1 Å². The molecule has 1 fully saturated rings. The minimum Gasteiger partial charge on any atom is -0.413 e. The molecule has 1 aromatic heterocycles. The number of halogens is 4. The van der Waals surface area contributed by atoms with E-state index in [4.69, 9.17) is 0 Å². The highest BCUT2D eigenvalue weighted by Crippen LogP contribution is 2.31. The largest absolute Gasteiger partial charge is 0.470 e. The lowest BCUT2D eigenvalue weighted by atomic mass is 9.98. The number of rotatable bonds is 6. The number of amides is 2. The second-order valence-electron chi connectivity index (χ2n) is 7.23. The second kappa shape index (κ2) is 8.40. The number of likely N-dealkylation sites (tertiary alicyclic amines) is 1. The van der Waals surface area contributed by atoms with Gasteiger partial charge in [0.25, 0.3) is 0 Å². The van der Waals surface area contributed by atoms with Crippen molar-refractivity contribution in [3.63, 3.8) is 0 Å². The summed E-state index contributed by atoms with van der Waals surface area (Å²) in [5.74, 6) is -3.40. The zero-order chi connectivity index (χ0) is 22.9. The van der Waals surface area contributed by atoms with Crippen molar-refractivity contribution >= 4 is 18.0 Å². The Labute approximate surface area is 179 Å². The molecule has 2 amide bonds. The van der Waals surface area contributed by atoms with Crippen LogP contribution in [0.5, 0.6) is 0 Å². The molecule has 2 heterocycles. The summed E-state index contributed by atoms with van der Waals surface area (Å²) in [5, 5.41) is 6.25. The van der Waals surface area contributed by atoms with Gasteiger partial charge in [-0.2, -0.15) is 13.2 Å². The lowest BCUT2D eigenvalue weighted by molar-refractivity contribution is -0.157. The highest BCUT2D eigenvalue weighted by Gasteiger charge is 2.38. The van der Waals surface area contributed by atoms with E-state index >= 15 is 0 Å². The van der Waals surface area contributed by atoms with E-state index in [0.717, 1.165) is 6.07 Å². The number of carbonyl (C=O) groups is 2. The molecule has 0 bridgehead atoms. The molecule has 1 aliphatic heterocycles. The molecule has 7 nitrogen and oxygen atoms in total. The van der Waals surface area contributed by atoms with Gasteiger partial charge in [-0.15, -0.1) is 10.2 Å². The first kappa shape index (κ1) is 21.5. The van der Waals surface area contributed by atoms with Crippen LogP contribution in [0.3, 0.4) is 0 Å². The van der Waals surface area contributed by atoms with E-state index in [1.54, 1.807) is 30.3 Å². The summed E-state index contributed by atoms with van der Waals surface area (Å²) in [6, 6.07) is 12.3. The van der Waals surface area contributed by atoms with E-state index in [0.29, 0.717) is 12.1 Å². The Hall–Kier alpha value is -3.76. The van der Waals surface area contributed by atoms with Crippen molar-refractivity contribution in [3.8, 4) is 11.5 Å². The van der Waals surface area contributed by atoms with Crippen LogP contribution in [0.25, 0.3) is 11.5 Å². The van der Waals surface area contributed by atoms with Gasteiger partial charge in [0.1, 0.15) is 5.82 Å². The number of para-hydroxylation sites is 1. The van der Waals surface area contributed by atoms with Crippen molar-refractivity contribution < 1.29 is 31.6 Å². The van der Waals surface area contributed by atoms with Crippen LogP contribution in [-0.4, -0.2) is 40.5 Å². The maximum absolute atomic E-state index is 14.8. The molecule has 1 aliphatic rings. The minimum atomic E-state index is -4.80. The van der Waals surface area contributed by atoms with Crippen LogP contribution >= 0.6 is 0 Å². The Morgan fingerprint density at radius 2 is 1.88 bits per heavy atom. The van der Waals surface area contributed by atoms with Gasteiger partial charge in [-0.1, -0.05) is 24.3 Å². The quantitative estimate of drug-likeness (QED) is 0.426. The number of aromatic nitrogens is 2. The predicted molar refractivity (Wildman–Crippen MR) is 103 cm³/mol. The van der Waals surface area contributed by atoms with Crippen LogP contribution in [0, 0.1) is 11.7 Å². The standard InChI is InChI=1S/C21H16F4N4O3/c22-17-8-13(18-26-27-20(32-18)21(23,24)25)6-7-14(17)11-29(16-4-2-1-3-5-16)19(31)15-9-28(10-15)12-30/h1-8,12,15H,9-11H2. The van der Waals surface area contributed by atoms with E-state index in [1.165, 1.54) is 21.9 Å². The molecule has 0 N–H and O–H groups in total. The van der Waals surface area contributed by atoms with Gasteiger partial charge in [0.15, 0.2) is 0 Å². The molecular formula is C21H16F4N4O3. The minimum absolute atomic E-state index is 0.0209. The van der Waals surface area contributed by atoms with E-state index in [2.05, 4.69) is 14.6 Å². The number of alkyl halides is 3. The number of benzene rings is 2. The van der Waals surface area contributed by atoms with Gasteiger partial charge in [-0.05, 0) is 24.3 Å². The maximum atomic E-state index is 14.8. The van der Waals surface area contributed by atoms with Crippen LogP contribution in [0.15, 0.2) is 52.9 Å². The molecule has 4 rings (SSSR count). The monoisotopic (exact) mass is 448 g/mol. The Bertz CT molecular complexity index is 1130. The lowest BCUT2D eigenvalue weighted by Crippen LogP contribution is -2.53. The Kier molecular flexibility index (Phi) is 5.64. The van der Waals surface area contributed by atoms with Crippen molar-refractivity contribution in [3.05, 3.63) is 65.8 Å². The number of anilines is 1. The molecule has 32 heavy (non-hydrogen) atoms. The van der Waals surface area contributed by atoms with Gasteiger partial charge in [0, 0.05) is 29.9 Å². The zero-order valence-corrected chi connectivity index (χ0v) is 16.4. The summed E-state index contributed by atoms with van der Waals surface area (Å²) in [6.07, 6.45) is -4.14. The lowest BCUT2D eigenvalue weighted by Gasteiger charge is -2.38. The van der Waals surface area contributed by atoms with E-state index < -0.39 is 29.7 Å². The van der Waals surface area contributed by atoms with Crippen molar-refractivity contribution in [2.75, 3.05) is 18.0 Å². The highest BCUT2D eigenvalue weighted by atomic mass is 19.4. The third kappa shape index (κ3) is 4.32. The molecule has 0 unspecified atom stereocenters. The van der Waals surface area contributed by atoms with Gasteiger partial charge < -0.3 is 14.2 Å². The Morgan fingerprint density at radius 1 is 1.16 bits per heavy atom. The number of nitrogens with zero attached hydrogens (tertiary/aromatic N) is 4. The molecule has 3 aromatic rings. The molecule has 0 aliphatic carbocycles. The number of hydrogen-bond donors (Lipinski definition) is 0. The highest BCUT2D eigenvalue weighted by molar-refractivity contribution is 5.96. The van der Waals surface area contributed by atoms with Crippen LogP contribution in [0.2, 0.25) is 0 Å². The Balaban J connectivity index is 1.58. The van der Waals surface area contributed by atoms with Crippen molar-refractivity contribution in [1.29, 1.82) is 0 Å². The fourth-order valence-corrected chi connectivity index (χ4v) is 3.31. The number of hydrogen-bond acceptors (Lipinski definition) is 5. The summed E-state index contributed by atoms with van der Waals surface area (Å²) >= 11 is 0. The Morgan fingerprint density at radius 3 is 2.47 bits per heavy atom. The van der Waals surface area contributed by atoms with Crippen molar-refractivity contribution in [1.82, 2.24) is 15.1 Å². The topological polar surface area (TPSA) is 79.5 Å². The fourth-order valence-electron chi connectivity index (χ4n) is 3.31. The van der Waals surface area contributed by atoms with Crippen LogP contribution < -0.4 is 4.90 Å². The summed E-state index contributed by atoms with van der Waals surface area (Å²) in [4.78, 5) is 26.7. The average Bonchev–Trinajstić information content (AvgIpc) is 3.23. The van der Waals surface area contributed by atoms with Crippen LogP contribution in [0.1, 0.15) is 11.5 Å². The molecule has 166 valence electrons. The molecular weight excluding hydrogens is 432 g/mol. The fraction of sp³-hybridized carbons (Fsp3) is 0.238. The summed E-state index contributed by atoms with van der Waals surface area (Å²) in [5.41, 5.74) is 0.679. The maximum Gasteiger partial charge on any atom is 0.470 e. The number of carbonyl (C=O) groups excluding carboxylic acids is 2. The van der Waals surface area contributed by atoms with Crippen LogP contribution in [0.4, 0.5) is 23.2 Å². The molecule has 0 atom stereocenters. The van der Waals surface area contributed by atoms with E-state index in [-0.39, 0.29) is 36.7 Å². The first-order valence-electron chi connectivity index (χ1n) is 9.51. The molecule has 11 heteroatoms. The SMILES string of the molecule is O=CN1CC(C(=O)N(Cc2ccc(-c3nnc(C(F)(F)F)o3)cc2F)c2ccccc2)C1. The van der Waals surface area contributed by atoms with Gasteiger partial charge in [-0.3, -0.25) is 9.59 Å². The van der Waals surface area contributed by atoms with E-state index in [1.807, 2.05) is 0 Å². The smallest absolute Gasteiger partial charge is 0.413 e. The average molecular weight is 448 g/mol. The second-order valence-corrected chi connectivity index (χ2v) is 7.23. The predicted octanol–water partition coefficient (Wildman–Crippen LogP) is 3.52. The third-order valence-electron chi connectivity index (χ3n) is 5.04. The van der Waals surface area contributed by atoms with Crippen molar-refractivity contribution in [2.24, 2.45) is 5.92 Å². The summed E-state index contributed by atoms with van der Waals surface area (Å²) in [7, 11) is 0. The van der Waals surface area contributed by atoms with Gasteiger partial charge in [0.2, 0.25) is 18.2 Å². The molecule has 1 saturated heterocycles. The first-order chi connectivity index (χ1) is 15.3. The molecule has 2 aromatic carbocycles. The zero-order valence-electron chi connectivity index (χ0n) is 16.4.